The highest BCUT2D eigenvalue weighted by molar-refractivity contribution is 5.20. The Morgan fingerprint density at radius 1 is 1.53 bits per heavy atom. The molecule has 0 saturated carbocycles. The van der Waals surface area contributed by atoms with E-state index in [4.69, 9.17) is 5.73 Å². The maximum absolute atomic E-state index is 9.77. The summed E-state index contributed by atoms with van der Waals surface area (Å²) in [5.74, 6) is 0. The molecule has 15 heavy (non-hydrogen) atoms. The van der Waals surface area contributed by atoms with Crippen LogP contribution in [0.25, 0.3) is 0 Å². The Hall–Kier alpha value is -0.910. The first-order valence-electron chi connectivity index (χ1n) is 5.20. The molecule has 0 aliphatic rings. The molecule has 2 atom stereocenters. The summed E-state index contributed by atoms with van der Waals surface area (Å²) in [6.45, 7) is 4.80. The molecule has 86 valence electrons. The standard InChI is InChI=1S/C10H19N3O2/c1-3-4-13-7(2)8(6-12-13)10(15)9(14)5-11/h6,9-10,14-15H,3-5,11H2,1-2H3. The van der Waals surface area contributed by atoms with Gasteiger partial charge in [-0.1, -0.05) is 6.92 Å². The Morgan fingerprint density at radius 3 is 2.73 bits per heavy atom. The van der Waals surface area contributed by atoms with Gasteiger partial charge in [0.15, 0.2) is 0 Å². The number of nitrogens with zero attached hydrogens (tertiary/aromatic N) is 2. The predicted molar refractivity (Wildman–Crippen MR) is 57.3 cm³/mol. The van der Waals surface area contributed by atoms with Crippen LogP contribution in [0.2, 0.25) is 0 Å². The van der Waals surface area contributed by atoms with Crippen LogP contribution in [0.3, 0.4) is 0 Å². The minimum atomic E-state index is -0.944. The van der Waals surface area contributed by atoms with Crippen LogP contribution >= 0.6 is 0 Å². The quantitative estimate of drug-likeness (QED) is 0.640. The van der Waals surface area contributed by atoms with E-state index in [1.165, 1.54) is 0 Å². The van der Waals surface area contributed by atoms with Gasteiger partial charge in [-0.3, -0.25) is 4.68 Å². The molecule has 0 aliphatic carbocycles. The summed E-state index contributed by atoms with van der Waals surface area (Å²) in [5.41, 5.74) is 6.83. The Bertz CT molecular complexity index is 312. The molecule has 0 saturated heterocycles. The van der Waals surface area contributed by atoms with Gasteiger partial charge >= 0.3 is 0 Å². The highest BCUT2D eigenvalue weighted by Crippen LogP contribution is 2.20. The molecule has 0 aliphatic heterocycles. The molecule has 5 nitrogen and oxygen atoms in total. The van der Waals surface area contributed by atoms with Crippen LogP contribution in [-0.2, 0) is 6.54 Å². The highest BCUT2D eigenvalue weighted by atomic mass is 16.3. The molecule has 5 heteroatoms. The Morgan fingerprint density at radius 2 is 2.20 bits per heavy atom. The first kappa shape index (κ1) is 12.2. The number of aliphatic hydroxyl groups is 2. The summed E-state index contributed by atoms with van der Waals surface area (Å²) in [4.78, 5) is 0. The van der Waals surface area contributed by atoms with Crippen LogP contribution in [-0.4, -0.2) is 32.6 Å². The third-order valence-corrected chi connectivity index (χ3v) is 2.50. The number of nitrogens with two attached hydrogens (primary N) is 1. The molecule has 1 heterocycles. The molecule has 0 spiro atoms. The third-order valence-electron chi connectivity index (χ3n) is 2.50. The van der Waals surface area contributed by atoms with Crippen molar-refractivity contribution in [1.82, 2.24) is 9.78 Å². The summed E-state index contributed by atoms with van der Waals surface area (Å²) in [5, 5.41) is 23.3. The van der Waals surface area contributed by atoms with E-state index in [9.17, 15) is 10.2 Å². The fourth-order valence-electron chi connectivity index (χ4n) is 1.52. The van der Waals surface area contributed by atoms with Crippen molar-refractivity contribution >= 4 is 0 Å². The second-order valence-corrected chi connectivity index (χ2v) is 3.66. The molecular formula is C10H19N3O2. The van der Waals surface area contributed by atoms with Crippen molar-refractivity contribution in [3.05, 3.63) is 17.5 Å². The summed E-state index contributed by atoms with van der Waals surface area (Å²) in [6.07, 6.45) is 0.704. The molecular weight excluding hydrogens is 194 g/mol. The van der Waals surface area contributed by atoms with E-state index in [-0.39, 0.29) is 6.54 Å². The van der Waals surface area contributed by atoms with E-state index in [1.807, 2.05) is 11.6 Å². The Labute approximate surface area is 89.5 Å². The molecule has 4 N–H and O–H groups in total. The van der Waals surface area contributed by atoms with Crippen LogP contribution in [0.5, 0.6) is 0 Å². The zero-order chi connectivity index (χ0) is 11.4. The molecule has 1 aromatic heterocycles. The molecule has 2 unspecified atom stereocenters. The molecule has 0 fully saturated rings. The summed E-state index contributed by atoms with van der Waals surface area (Å²) in [6, 6.07) is 0. The fourth-order valence-corrected chi connectivity index (χ4v) is 1.52. The summed E-state index contributed by atoms with van der Waals surface area (Å²) >= 11 is 0. The molecule has 0 bridgehead atoms. The number of hydrogen-bond donors (Lipinski definition) is 3. The normalized spacial score (nSPS) is 15.3. The van der Waals surface area contributed by atoms with Gasteiger partial charge in [-0.2, -0.15) is 5.10 Å². The van der Waals surface area contributed by atoms with Crippen LogP contribution in [0.15, 0.2) is 6.20 Å². The van der Waals surface area contributed by atoms with Gasteiger partial charge in [0, 0.05) is 24.3 Å². The van der Waals surface area contributed by atoms with Crippen molar-refractivity contribution in [2.75, 3.05) is 6.54 Å². The van der Waals surface area contributed by atoms with Crippen molar-refractivity contribution in [1.29, 1.82) is 0 Å². The lowest BCUT2D eigenvalue weighted by Crippen LogP contribution is -2.27. The van der Waals surface area contributed by atoms with E-state index >= 15 is 0 Å². The van der Waals surface area contributed by atoms with E-state index < -0.39 is 12.2 Å². The first-order chi connectivity index (χ1) is 7.11. The zero-order valence-electron chi connectivity index (χ0n) is 9.22. The van der Waals surface area contributed by atoms with Gasteiger partial charge in [-0.15, -0.1) is 0 Å². The topological polar surface area (TPSA) is 84.3 Å². The van der Waals surface area contributed by atoms with Crippen molar-refractivity contribution < 1.29 is 10.2 Å². The molecule has 0 radical (unpaired) electrons. The number of hydrogen-bond acceptors (Lipinski definition) is 4. The van der Waals surface area contributed by atoms with Crippen molar-refractivity contribution in [3.8, 4) is 0 Å². The van der Waals surface area contributed by atoms with E-state index in [0.29, 0.717) is 5.56 Å². The zero-order valence-corrected chi connectivity index (χ0v) is 9.22. The lowest BCUT2D eigenvalue weighted by Gasteiger charge is -2.15. The smallest absolute Gasteiger partial charge is 0.109 e. The summed E-state index contributed by atoms with van der Waals surface area (Å²) < 4.78 is 1.82. The lowest BCUT2D eigenvalue weighted by atomic mass is 10.1. The maximum Gasteiger partial charge on any atom is 0.109 e. The Balaban J connectivity index is 2.85. The van der Waals surface area contributed by atoms with Crippen molar-refractivity contribution in [3.63, 3.8) is 0 Å². The van der Waals surface area contributed by atoms with Gasteiger partial charge in [0.1, 0.15) is 6.10 Å². The van der Waals surface area contributed by atoms with Gasteiger partial charge in [-0.25, -0.2) is 0 Å². The second-order valence-electron chi connectivity index (χ2n) is 3.66. The largest absolute Gasteiger partial charge is 0.389 e. The van der Waals surface area contributed by atoms with Crippen LogP contribution in [0.1, 0.15) is 30.7 Å². The molecule has 1 aromatic rings. The molecule has 0 aromatic carbocycles. The van der Waals surface area contributed by atoms with Crippen LogP contribution in [0, 0.1) is 6.92 Å². The van der Waals surface area contributed by atoms with Gasteiger partial charge in [0.05, 0.1) is 12.3 Å². The van der Waals surface area contributed by atoms with Crippen molar-refractivity contribution in [2.45, 2.75) is 39.0 Å². The second kappa shape index (κ2) is 5.25. The minimum Gasteiger partial charge on any atom is -0.389 e. The fraction of sp³-hybridized carbons (Fsp3) is 0.700. The average molecular weight is 213 g/mol. The highest BCUT2D eigenvalue weighted by Gasteiger charge is 2.21. The Kier molecular flexibility index (Phi) is 4.26. The lowest BCUT2D eigenvalue weighted by molar-refractivity contribution is 0.0239. The van der Waals surface area contributed by atoms with Gasteiger partial charge in [0.2, 0.25) is 0 Å². The van der Waals surface area contributed by atoms with Crippen molar-refractivity contribution in [2.24, 2.45) is 5.73 Å². The minimum absolute atomic E-state index is 0.0412. The molecule has 1 rings (SSSR count). The number of aryl methyl sites for hydroxylation is 1. The number of rotatable bonds is 5. The van der Waals surface area contributed by atoms with Gasteiger partial charge in [-0.05, 0) is 13.3 Å². The third kappa shape index (κ3) is 2.56. The van der Waals surface area contributed by atoms with Gasteiger partial charge < -0.3 is 15.9 Å². The van der Waals surface area contributed by atoms with E-state index in [0.717, 1.165) is 18.7 Å². The first-order valence-corrected chi connectivity index (χ1v) is 5.20. The number of aromatic nitrogens is 2. The van der Waals surface area contributed by atoms with E-state index in [1.54, 1.807) is 6.20 Å². The average Bonchev–Trinajstić information content (AvgIpc) is 2.59. The molecule has 0 amide bonds. The van der Waals surface area contributed by atoms with Crippen LogP contribution in [0.4, 0.5) is 0 Å². The van der Waals surface area contributed by atoms with Gasteiger partial charge in [0.25, 0.3) is 0 Å². The monoisotopic (exact) mass is 213 g/mol. The van der Waals surface area contributed by atoms with E-state index in [2.05, 4.69) is 12.0 Å². The van der Waals surface area contributed by atoms with Crippen LogP contribution < -0.4 is 5.73 Å². The maximum atomic E-state index is 9.77. The SMILES string of the molecule is CCCn1ncc(C(O)C(O)CN)c1C. The summed E-state index contributed by atoms with van der Waals surface area (Å²) in [7, 11) is 0. The number of aliphatic hydroxyl groups excluding tert-OH is 2. The predicted octanol–water partition coefficient (Wildman–Crippen LogP) is -0.0455.